The maximum absolute atomic E-state index is 14.5. The van der Waals surface area contributed by atoms with Crippen molar-refractivity contribution in [2.75, 3.05) is 0 Å². The summed E-state index contributed by atoms with van der Waals surface area (Å²) in [5, 5.41) is 0.340. The number of benzene rings is 2. The Kier molecular flexibility index (Phi) is 4.59. The molecule has 0 radical (unpaired) electrons. The lowest BCUT2D eigenvalue weighted by Crippen LogP contribution is -2.24. The lowest BCUT2D eigenvalue weighted by molar-refractivity contribution is 0.100. The lowest BCUT2D eigenvalue weighted by atomic mass is 9.82. The molecular weight excluding hydrogens is 341 g/mol. The van der Waals surface area contributed by atoms with Gasteiger partial charge in [-0.25, -0.2) is 4.39 Å². The number of fused-ring (bicyclic) bond motifs is 1. The van der Waals surface area contributed by atoms with E-state index in [1.165, 1.54) is 6.07 Å². The van der Waals surface area contributed by atoms with Crippen molar-refractivity contribution in [3.8, 4) is 0 Å². The number of nitrogens with zero attached hydrogens (tertiary/aromatic N) is 1. The molecule has 1 amide bonds. The van der Waals surface area contributed by atoms with Crippen LogP contribution in [0, 0.1) is 5.82 Å². The van der Waals surface area contributed by atoms with Gasteiger partial charge in [0.2, 0.25) is 0 Å². The molecule has 6 heteroatoms. The summed E-state index contributed by atoms with van der Waals surface area (Å²) < 4.78 is 14.5. The number of carbonyl (C=O) groups is 1. The molecule has 0 heterocycles. The van der Waals surface area contributed by atoms with Crippen LogP contribution in [0.2, 0.25) is 5.02 Å². The highest BCUT2D eigenvalue weighted by molar-refractivity contribution is 6.30. The molecule has 0 atom stereocenters. The zero-order valence-corrected chi connectivity index (χ0v) is 14.4. The van der Waals surface area contributed by atoms with Gasteiger partial charge < -0.3 is 11.5 Å². The summed E-state index contributed by atoms with van der Waals surface area (Å²) in [4.78, 5) is 15.7. The zero-order valence-electron chi connectivity index (χ0n) is 13.6. The largest absolute Gasteiger partial charge is 0.370 e. The van der Waals surface area contributed by atoms with Crippen molar-refractivity contribution >= 4 is 29.0 Å². The van der Waals surface area contributed by atoms with Gasteiger partial charge in [-0.1, -0.05) is 23.2 Å². The number of amides is 1. The molecule has 4 nitrogen and oxygen atoms in total. The normalized spacial score (nSPS) is 13.4. The fourth-order valence-electron chi connectivity index (χ4n) is 3.09. The lowest BCUT2D eigenvalue weighted by Gasteiger charge is -2.23. The predicted molar refractivity (Wildman–Crippen MR) is 98.0 cm³/mol. The van der Waals surface area contributed by atoms with Crippen LogP contribution in [0.3, 0.4) is 0 Å². The molecule has 3 rings (SSSR count). The smallest absolute Gasteiger partial charge is 0.280 e. The highest BCUT2D eigenvalue weighted by Gasteiger charge is 2.22. The van der Waals surface area contributed by atoms with E-state index in [4.69, 9.17) is 23.1 Å². The van der Waals surface area contributed by atoms with Crippen LogP contribution in [0.5, 0.6) is 0 Å². The van der Waals surface area contributed by atoms with E-state index in [1.807, 2.05) is 13.0 Å². The van der Waals surface area contributed by atoms with E-state index >= 15 is 0 Å². The maximum Gasteiger partial charge on any atom is 0.280 e. The number of nitrogens with two attached hydrogens (primary N) is 2. The average molecular weight is 358 g/mol. The minimum absolute atomic E-state index is 0.293. The van der Waals surface area contributed by atoms with Crippen molar-refractivity contribution < 1.29 is 9.18 Å². The molecule has 2 aromatic carbocycles. The Bertz CT molecular complexity index is 930. The van der Waals surface area contributed by atoms with Gasteiger partial charge in [0.15, 0.2) is 5.96 Å². The van der Waals surface area contributed by atoms with Gasteiger partial charge in [-0.15, -0.1) is 0 Å². The molecule has 0 unspecified atom stereocenters. The zero-order chi connectivity index (χ0) is 18.1. The van der Waals surface area contributed by atoms with Crippen LogP contribution in [0.25, 0.3) is 5.57 Å². The summed E-state index contributed by atoms with van der Waals surface area (Å²) in [6.07, 6.45) is 1.65. The van der Waals surface area contributed by atoms with E-state index in [9.17, 15) is 9.18 Å². The first-order valence-electron chi connectivity index (χ1n) is 7.79. The topological polar surface area (TPSA) is 81.5 Å². The van der Waals surface area contributed by atoms with E-state index in [1.54, 1.807) is 24.3 Å². The van der Waals surface area contributed by atoms with Gasteiger partial charge in [0.05, 0.1) is 0 Å². The third-order valence-electron chi connectivity index (χ3n) is 4.25. The van der Waals surface area contributed by atoms with Gasteiger partial charge in [-0.3, -0.25) is 4.79 Å². The third-order valence-corrected chi connectivity index (χ3v) is 4.49. The number of rotatable bonds is 2. The molecular formula is C19H17ClFN3O. The van der Waals surface area contributed by atoms with Crippen molar-refractivity contribution in [2.24, 2.45) is 16.5 Å². The van der Waals surface area contributed by atoms with Crippen molar-refractivity contribution in [1.29, 1.82) is 0 Å². The van der Waals surface area contributed by atoms with Gasteiger partial charge >= 0.3 is 0 Å². The number of carbonyl (C=O) groups excluding carboxylic acids is 1. The standard InChI is InChI=1S/C19H17ClFN3O/c1-10-2-3-11-4-5-12(18(25)24-19(22)23)8-15(11)17(10)14-7-6-13(20)9-16(14)21/h4-9H,2-3H2,1H3,(H4,22,23,24,25). The number of halogens is 2. The summed E-state index contributed by atoms with van der Waals surface area (Å²) in [7, 11) is 0. The Morgan fingerprint density at radius 1 is 1.12 bits per heavy atom. The first kappa shape index (κ1) is 17.2. The number of aliphatic imine (C=N–C) groups is 1. The van der Waals surface area contributed by atoms with Gasteiger partial charge in [-0.2, -0.15) is 4.99 Å². The van der Waals surface area contributed by atoms with Crippen LogP contribution in [-0.2, 0) is 6.42 Å². The Labute approximate surface area is 150 Å². The van der Waals surface area contributed by atoms with Crippen molar-refractivity contribution in [2.45, 2.75) is 19.8 Å². The SMILES string of the molecule is CC1=C(c2ccc(Cl)cc2F)c2cc(C(=O)N=C(N)N)ccc2CC1. The van der Waals surface area contributed by atoms with Gasteiger partial charge in [0, 0.05) is 16.1 Å². The Morgan fingerprint density at radius 3 is 2.56 bits per heavy atom. The summed E-state index contributed by atoms with van der Waals surface area (Å²) >= 11 is 5.87. The molecule has 0 saturated carbocycles. The van der Waals surface area contributed by atoms with Crippen LogP contribution >= 0.6 is 11.6 Å². The summed E-state index contributed by atoms with van der Waals surface area (Å²) in [6, 6.07) is 9.88. The monoisotopic (exact) mass is 357 g/mol. The van der Waals surface area contributed by atoms with E-state index in [2.05, 4.69) is 4.99 Å². The number of hydrogen-bond donors (Lipinski definition) is 2. The molecule has 0 aromatic heterocycles. The minimum atomic E-state index is -0.526. The van der Waals surface area contributed by atoms with E-state index in [0.717, 1.165) is 35.1 Å². The Hall–Kier alpha value is -2.66. The van der Waals surface area contributed by atoms with Gasteiger partial charge in [0.25, 0.3) is 5.91 Å². The number of guanidine groups is 1. The van der Waals surface area contributed by atoms with Crippen LogP contribution in [0.15, 0.2) is 47.0 Å². The van der Waals surface area contributed by atoms with E-state index in [-0.39, 0.29) is 5.96 Å². The van der Waals surface area contributed by atoms with E-state index in [0.29, 0.717) is 16.1 Å². The fraction of sp³-hybridized carbons (Fsp3) is 0.158. The van der Waals surface area contributed by atoms with Gasteiger partial charge in [0.1, 0.15) is 5.82 Å². The Balaban J connectivity index is 2.16. The molecule has 128 valence electrons. The second-order valence-electron chi connectivity index (χ2n) is 5.99. The molecule has 2 aromatic rings. The fourth-order valence-corrected chi connectivity index (χ4v) is 3.25. The minimum Gasteiger partial charge on any atom is -0.370 e. The van der Waals surface area contributed by atoms with Crippen molar-refractivity contribution in [3.05, 3.63) is 75.1 Å². The maximum atomic E-state index is 14.5. The van der Waals surface area contributed by atoms with Crippen molar-refractivity contribution in [1.82, 2.24) is 0 Å². The van der Waals surface area contributed by atoms with Crippen molar-refractivity contribution in [3.63, 3.8) is 0 Å². The molecule has 0 saturated heterocycles. The molecule has 0 aliphatic heterocycles. The second-order valence-corrected chi connectivity index (χ2v) is 6.43. The van der Waals surface area contributed by atoms with E-state index < -0.39 is 11.7 Å². The number of hydrogen-bond acceptors (Lipinski definition) is 1. The summed E-state index contributed by atoms with van der Waals surface area (Å²) in [5.41, 5.74) is 15.1. The number of aryl methyl sites for hydroxylation is 1. The molecule has 4 N–H and O–H groups in total. The Morgan fingerprint density at radius 2 is 1.88 bits per heavy atom. The molecule has 0 fully saturated rings. The van der Waals surface area contributed by atoms with Crippen LogP contribution in [-0.4, -0.2) is 11.9 Å². The highest BCUT2D eigenvalue weighted by Crippen LogP contribution is 2.38. The summed E-state index contributed by atoms with van der Waals surface area (Å²) in [6.45, 7) is 1.97. The van der Waals surface area contributed by atoms with Gasteiger partial charge in [-0.05, 0) is 66.8 Å². The third kappa shape index (κ3) is 3.42. The predicted octanol–water partition coefficient (Wildman–Crippen LogP) is 3.66. The average Bonchev–Trinajstić information content (AvgIpc) is 2.54. The molecule has 0 bridgehead atoms. The molecule has 25 heavy (non-hydrogen) atoms. The highest BCUT2D eigenvalue weighted by atomic mass is 35.5. The first-order chi connectivity index (χ1) is 11.9. The van der Waals surface area contributed by atoms with Crippen LogP contribution in [0.4, 0.5) is 4.39 Å². The first-order valence-corrected chi connectivity index (χ1v) is 8.17. The quantitative estimate of drug-likeness (QED) is 0.635. The second kappa shape index (κ2) is 6.69. The van der Waals surface area contributed by atoms with Crippen LogP contribution in [0.1, 0.15) is 40.4 Å². The summed E-state index contributed by atoms with van der Waals surface area (Å²) in [5.74, 6) is -1.21. The number of allylic oxidation sites excluding steroid dienone is 1. The molecule has 1 aliphatic rings. The molecule has 0 spiro atoms. The molecule has 1 aliphatic carbocycles. The van der Waals surface area contributed by atoms with Crippen LogP contribution < -0.4 is 11.5 Å².